The Morgan fingerprint density at radius 2 is 1.69 bits per heavy atom. The highest BCUT2D eigenvalue weighted by molar-refractivity contribution is 6.62. The zero-order valence-electron chi connectivity index (χ0n) is 26.0. The highest BCUT2D eigenvalue weighted by Gasteiger charge is 2.52. The van der Waals surface area contributed by atoms with E-state index in [0.717, 1.165) is 35.9 Å². The number of hydrogen-bond donors (Lipinski definition) is 1. The minimum absolute atomic E-state index is 0.0746. The van der Waals surface area contributed by atoms with Gasteiger partial charge in [-0.15, -0.1) is 0 Å². The zero-order chi connectivity index (χ0) is 30.0. The molecular weight excluding hydrogens is 537 g/mol. The second kappa shape index (κ2) is 10.8. The van der Waals surface area contributed by atoms with Gasteiger partial charge in [-0.3, -0.25) is 9.69 Å². The third kappa shape index (κ3) is 5.47. The Bertz CT molecular complexity index is 1210. The summed E-state index contributed by atoms with van der Waals surface area (Å²) in [6.07, 6.45) is 3.06. The average molecular weight is 584 g/mol. The van der Waals surface area contributed by atoms with E-state index < -0.39 is 29.7 Å². The van der Waals surface area contributed by atoms with Crippen molar-refractivity contribution in [3.05, 3.63) is 28.8 Å². The van der Waals surface area contributed by atoms with Crippen LogP contribution in [0.15, 0.2) is 12.1 Å². The van der Waals surface area contributed by atoms with Crippen molar-refractivity contribution in [2.24, 2.45) is 5.41 Å². The zero-order valence-corrected chi connectivity index (χ0v) is 26.0. The maximum Gasteiger partial charge on any atom is 0.494 e. The van der Waals surface area contributed by atoms with Crippen molar-refractivity contribution in [2.75, 3.05) is 45.9 Å². The predicted octanol–water partition coefficient (Wildman–Crippen LogP) is 2.81. The van der Waals surface area contributed by atoms with Crippen molar-refractivity contribution in [3.8, 4) is 0 Å². The molecule has 5 aliphatic rings. The number of hydrogen-bond acceptors (Lipinski definition) is 7. The van der Waals surface area contributed by atoms with Crippen molar-refractivity contribution >= 4 is 24.6 Å². The van der Waals surface area contributed by atoms with E-state index in [1.807, 2.05) is 9.80 Å². The van der Waals surface area contributed by atoms with Crippen LogP contribution in [0.1, 0.15) is 77.1 Å². The molecule has 0 aliphatic carbocycles. The molecule has 0 saturated carbocycles. The first-order valence-electron chi connectivity index (χ1n) is 15.5. The van der Waals surface area contributed by atoms with E-state index in [1.165, 1.54) is 5.56 Å². The van der Waals surface area contributed by atoms with Gasteiger partial charge in [0.05, 0.1) is 48.1 Å². The Hall–Kier alpha value is -2.18. The molecule has 230 valence electrons. The number of carboxylic acid groups (broad SMARTS) is 1. The summed E-state index contributed by atoms with van der Waals surface area (Å²) >= 11 is 0. The number of aliphatic carboxylic acids is 1. The second-order valence-corrected chi connectivity index (χ2v) is 14.4. The molecule has 1 aromatic carbocycles. The lowest BCUT2D eigenvalue weighted by atomic mass is 9.74. The number of ether oxygens (including phenoxy) is 2. The summed E-state index contributed by atoms with van der Waals surface area (Å²) in [6.45, 7) is 16.2. The SMILES string of the molecule is CC(C)(CN1CCOC[C@H]1c1cc(B2OC(C)(C)C(C)(C)O2)cc2c1CN(C(=O)N1CC3CCC(C1)O3)CC2)C(=O)O. The van der Waals surface area contributed by atoms with Gasteiger partial charge in [0.25, 0.3) is 0 Å². The number of rotatable bonds is 5. The fourth-order valence-electron chi connectivity index (χ4n) is 6.96. The molecule has 0 spiro atoms. The smallest absolute Gasteiger partial charge is 0.481 e. The normalized spacial score (nSPS) is 29.1. The van der Waals surface area contributed by atoms with Crippen LogP contribution in [0, 0.1) is 5.41 Å². The number of urea groups is 1. The lowest BCUT2D eigenvalue weighted by Crippen LogP contribution is -2.52. The van der Waals surface area contributed by atoms with Crippen LogP contribution in [0.3, 0.4) is 0 Å². The van der Waals surface area contributed by atoms with Gasteiger partial charge in [0.2, 0.25) is 0 Å². The first-order chi connectivity index (χ1) is 19.7. The maximum atomic E-state index is 13.8. The fraction of sp³-hybridized carbons (Fsp3) is 0.742. The summed E-state index contributed by atoms with van der Waals surface area (Å²) in [5.74, 6) is -0.822. The van der Waals surface area contributed by atoms with Crippen LogP contribution in [0.25, 0.3) is 0 Å². The monoisotopic (exact) mass is 583 g/mol. The number of carbonyl (C=O) groups excluding carboxylic acids is 1. The second-order valence-electron chi connectivity index (χ2n) is 14.4. The topological polar surface area (TPSA) is 101 Å². The molecule has 4 fully saturated rings. The first-order valence-corrected chi connectivity index (χ1v) is 15.5. The number of nitrogens with zero attached hydrogens (tertiary/aromatic N) is 3. The van der Waals surface area contributed by atoms with E-state index in [2.05, 4.69) is 44.7 Å². The third-order valence-corrected chi connectivity index (χ3v) is 10.3. The molecule has 1 N–H and O–H groups in total. The van der Waals surface area contributed by atoms with Crippen molar-refractivity contribution in [2.45, 2.75) is 96.8 Å². The first kappa shape index (κ1) is 29.9. The molecule has 11 heteroatoms. The van der Waals surface area contributed by atoms with Crippen LogP contribution >= 0.6 is 0 Å². The molecule has 2 amide bonds. The van der Waals surface area contributed by atoms with Crippen LogP contribution < -0.4 is 5.46 Å². The molecule has 1 aromatic rings. The number of morpholine rings is 2. The van der Waals surface area contributed by atoms with Gasteiger partial charge in [0.1, 0.15) is 0 Å². The number of fused-ring (bicyclic) bond motifs is 3. The summed E-state index contributed by atoms with van der Waals surface area (Å²) in [6, 6.07) is 4.27. The molecular formula is C31H46BN3O7. The van der Waals surface area contributed by atoms with Gasteiger partial charge in [-0.25, -0.2) is 4.79 Å². The lowest BCUT2D eigenvalue weighted by Gasteiger charge is -2.42. The highest BCUT2D eigenvalue weighted by atomic mass is 16.7. The van der Waals surface area contributed by atoms with Crippen LogP contribution in [-0.2, 0) is 36.5 Å². The Morgan fingerprint density at radius 3 is 2.33 bits per heavy atom. The van der Waals surface area contributed by atoms with E-state index in [9.17, 15) is 14.7 Å². The molecule has 5 aliphatic heterocycles. The van der Waals surface area contributed by atoms with Gasteiger partial charge in [-0.05, 0) is 83.0 Å². The van der Waals surface area contributed by atoms with Crippen molar-refractivity contribution in [3.63, 3.8) is 0 Å². The van der Waals surface area contributed by atoms with Crippen molar-refractivity contribution in [1.82, 2.24) is 14.7 Å². The van der Waals surface area contributed by atoms with E-state index >= 15 is 0 Å². The summed E-state index contributed by atoms with van der Waals surface area (Å²) in [4.78, 5) is 32.0. The lowest BCUT2D eigenvalue weighted by molar-refractivity contribution is -0.149. The Labute approximate surface area is 249 Å². The minimum Gasteiger partial charge on any atom is -0.481 e. The van der Waals surface area contributed by atoms with Crippen LogP contribution in [-0.4, -0.2) is 108 Å². The number of carbonyl (C=O) groups is 2. The number of carboxylic acids is 1. The van der Waals surface area contributed by atoms with Gasteiger partial charge < -0.3 is 33.7 Å². The minimum atomic E-state index is -0.920. The molecule has 10 nitrogen and oxygen atoms in total. The summed E-state index contributed by atoms with van der Waals surface area (Å²) in [5.41, 5.74) is 2.47. The van der Waals surface area contributed by atoms with Crippen LogP contribution in [0.2, 0.25) is 0 Å². The Balaban J connectivity index is 1.35. The van der Waals surface area contributed by atoms with Gasteiger partial charge in [0, 0.05) is 39.3 Å². The largest absolute Gasteiger partial charge is 0.494 e. The van der Waals surface area contributed by atoms with E-state index in [-0.39, 0.29) is 24.3 Å². The predicted molar refractivity (Wildman–Crippen MR) is 158 cm³/mol. The van der Waals surface area contributed by atoms with Gasteiger partial charge in [0.15, 0.2) is 0 Å². The van der Waals surface area contributed by atoms with Crippen LogP contribution in [0.4, 0.5) is 4.79 Å². The third-order valence-electron chi connectivity index (χ3n) is 10.3. The van der Waals surface area contributed by atoms with Crippen molar-refractivity contribution in [1.29, 1.82) is 0 Å². The summed E-state index contributed by atoms with van der Waals surface area (Å²) in [7, 11) is -0.518. The van der Waals surface area contributed by atoms with Gasteiger partial charge in [-0.1, -0.05) is 12.1 Å². The molecule has 3 atom stereocenters. The number of likely N-dealkylation sites (tertiary alicyclic amines) is 1. The van der Waals surface area contributed by atoms with Crippen molar-refractivity contribution < 1.29 is 33.5 Å². The van der Waals surface area contributed by atoms with E-state index in [4.69, 9.17) is 18.8 Å². The molecule has 6 rings (SSSR count). The average Bonchev–Trinajstić information content (AvgIpc) is 3.39. The summed E-state index contributed by atoms with van der Waals surface area (Å²) in [5, 5.41) is 9.92. The standard InChI is InChI=1S/C31H46BN3O7/c1-29(2,27(36)37)19-34-11-12-39-18-26(34)24-14-21(32-41-30(3,4)31(5,6)42-32)13-20-9-10-33(17-25(20)24)28(38)35-15-22-7-8-23(16-35)40-22/h13-14,22-23,26H,7-12,15-19H2,1-6H3,(H,36,37)/t22?,23?,26-/m0/s1. The number of amides is 2. The van der Waals surface area contributed by atoms with Gasteiger partial charge in [-0.2, -0.15) is 0 Å². The van der Waals surface area contributed by atoms with Crippen LogP contribution in [0.5, 0.6) is 0 Å². The molecule has 2 bridgehead atoms. The quantitative estimate of drug-likeness (QED) is 0.529. The molecule has 0 aromatic heterocycles. The number of benzene rings is 1. The molecule has 4 saturated heterocycles. The molecule has 5 heterocycles. The Kier molecular flexibility index (Phi) is 7.66. The summed E-state index contributed by atoms with van der Waals surface area (Å²) < 4.78 is 24.9. The van der Waals surface area contributed by atoms with E-state index in [0.29, 0.717) is 52.5 Å². The molecule has 2 unspecified atom stereocenters. The fourth-order valence-corrected chi connectivity index (χ4v) is 6.96. The molecule has 42 heavy (non-hydrogen) atoms. The Morgan fingerprint density at radius 1 is 1.02 bits per heavy atom. The maximum absolute atomic E-state index is 13.8. The molecule has 0 radical (unpaired) electrons. The highest BCUT2D eigenvalue weighted by Crippen LogP contribution is 2.39. The van der Waals surface area contributed by atoms with Gasteiger partial charge >= 0.3 is 19.1 Å². The van der Waals surface area contributed by atoms with E-state index in [1.54, 1.807) is 13.8 Å².